The lowest BCUT2D eigenvalue weighted by Gasteiger charge is -2.15. The Bertz CT molecular complexity index is 534. The van der Waals surface area contributed by atoms with E-state index in [9.17, 15) is 9.59 Å². The molecule has 5 heteroatoms. The van der Waals surface area contributed by atoms with E-state index < -0.39 is 0 Å². The molecule has 1 fully saturated rings. The van der Waals surface area contributed by atoms with Crippen molar-refractivity contribution in [2.45, 2.75) is 46.0 Å². The van der Waals surface area contributed by atoms with E-state index in [-0.39, 0.29) is 11.9 Å². The van der Waals surface area contributed by atoms with E-state index in [1.165, 1.54) is 0 Å². The van der Waals surface area contributed by atoms with Crippen molar-refractivity contribution >= 4 is 17.6 Å². The Morgan fingerprint density at radius 1 is 1.12 bits per heavy atom. The minimum atomic E-state index is -0.174. The average Bonchev–Trinajstić information content (AvgIpc) is 3.08. The Labute approximate surface area is 144 Å². The number of amides is 3. The number of urea groups is 1. The number of nitrogens with zero attached hydrogens (tertiary/aromatic N) is 1. The number of likely N-dealkylation sites (tertiary alicyclic amines) is 1. The number of rotatable bonds is 7. The molecule has 0 atom stereocenters. The zero-order valence-electron chi connectivity index (χ0n) is 14.8. The number of carbonyl (C=O) groups excluding carboxylic acids is 2. The number of nitrogens with one attached hydrogen (secondary N) is 2. The van der Waals surface area contributed by atoms with Crippen LogP contribution in [0, 0.1) is 5.92 Å². The van der Waals surface area contributed by atoms with Crippen LogP contribution in [-0.2, 0) is 11.2 Å². The van der Waals surface area contributed by atoms with Crippen molar-refractivity contribution in [1.29, 1.82) is 0 Å². The van der Waals surface area contributed by atoms with Crippen molar-refractivity contribution in [3.8, 4) is 0 Å². The van der Waals surface area contributed by atoms with Crippen molar-refractivity contribution in [2.75, 3.05) is 25.0 Å². The second-order valence-corrected chi connectivity index (χ2v) is 6.85. The third kappa shape index (κ3) is 6.22. The molecule has 0 radical (unpaired) electrons. The monoisotopic (exact) mass is 331 g/mol. The minimum absolute atomic E-state index is 0.174. The molecule has 0 aliphatic carbocycles. The lowest BCUT2D eigenvalue weighted by Crippen LogP contribution is -2.30. The van der Waals surface area contributed by atoms with Crippen LogP contribution in [0.4, 0.5) is 10.5 Å². The van der Waals surface area contributed by atoms with E-state index in [0.717, 1.165) is 50.0 Å². The molecular weight excluding hydrogens is 302 g/mol. The Morgan fingerprint density at radius 3 is 2.42 bits per heavy atom. The molecule has 0 unspecified atom stereocenters. The van der Waals surface area contributed by atoms with Crippen molar-refractivity contribution in [3.63, 3.8) is 0 Å². The van der Waals surface area contributed by atoms with Crippen molar-refractivity contribution in [1.82, 2.24) is 10.2 Å². The number of anilines is 1. The topological polar surface area (TPSA) is 61.4 Å². The first-order valence-corrected chi connectivity index (χ1v) is 8.96. The van der Waals surface area contributed by atoms with Gasteiger partial charge in [0.1, 0.15) is 0 Å². The highest BCUT2D eigenvalue weighted by atomic mass is 16.2. The van der Waals surface area contributed by atoms with Crippen molar-refractivity contribution in [2.24, 2.45) is 5.92 Å². The van der Waals surface area contributed by atoms with Crippen LogP contribution in [0.15, 0.2) is 24.3 Å². The molecule has 0 bridgehead atoms. The number of carbonyl (C=O) groups is 2. The first-order valence-electron chi connectivity index (χ1n) is 8.96. The lowest BCUT2D eigenvalue weighted by molar-refractivity contribution is -0.130. The van der Waals surface area contributed by atoms with E-state index in [2.05, 4.69) is 24.5 Å². The van der Waals surface area contributed by atoms with E-state index >= 15 is 0 Å². The smallest absolute Gasteiger partial charge is 0.319 e. The fourth-order valence-corrected chi connectivity index (χ4v) is 2.78. The van der Waals surface area contributed by atoms with Gasteiger partial charge in [-0.25, -0.2) is 4.79 Å². The fourth-order valence-electron chi connectivity index (χ4n) is 2.78. The summed E-state index contributed by atoms with van der Waals surface area (Å²) in [6.45, 7) is 6.76. The number of hydrogen-bond acceptors (Lipinski definition) is 2. The third-order valence-electron chi connectivity index (χ3n) is 4.31. The van der Waals surface area contributed by atoms with Gasteiger partial charge in [0.15, 0.2) is 0 Å². The highest BCUT2D eigenvalue weighted by molar-refractivity contribution is 5.89. The summed E-state index contributed by atoms with van der Waals surface area (Å²) in [5, 5.41) is 5.68. The van der Waals surface area contributed by atoms with Gasteiger partial charge in [0.05, 0.1) is 0 Å². The van der Waals surface area contributed by atoms with Gasteiger partial charge in [-0.1, -0.05) is 26.0 Å². The quantitative estimate of drug-likeness (QED) is 0.804. The largest absolute Gasteiger partial charge is 0.343 e. The number of hydrogen-bond donors (Lipinski definition) is 2. The van der Waals surface area contributed by atoms with Gasteiger partial charge in [0.25, 0.3) is 0 Å². The van der Waals surface area contributed by atoms with E-state index in [0.29, 0.717) is 18.9 Å². The van der Waals surface area contributed by atoms with Gasteiger partial charge in [-0.2, -0.15) is 0 Å². The maximum Gasteiger partial charge on any atom is 0.319 e. The van der Waals surface area contributed by atoms with Crippen LogP contribution in [0.3, 0.4) is 0 Å². The fraction of sp³-hybridized carbons (Fsp3) is 0.579. The van der Waals surface area contributed by atoms with Crippen LogP contribution in [0.25, 0.3) is 0 Å². The van der Waals surface area contributed by atoms with Crippen LogP contribution >= 0.6 is 0 Å². The molecule has 5 nitrogen and oxygen atoms in total. The molecule has 0 spiro atoms. The van der Waals surface area contributed by atoms with Gasteiger partial charge in [0, 0.05) is 31.7 Å². The van der Waals surface area contributed by atoms with Gasteiger partial charge in [-0.15, -0.1) is 0 Å². The van der Waals surface area contributed by atoms with Gasteiger partial charge < -0.3 is 15.5 Å². The van der Waals surface area contributed by atoms with Gasteiger partial charge in [-0.05, 0) is 49.3 Å². The molecule has 0 aromatic heterocycles. The molecule has 24 heavy (non-hydrogen) atoms. The van der Waals surface area contributed by atoms with Crippen LogP contribution in [0.1, 0.15) is 45.1 Å². The molecule has 2 N–H and O–H groups in total. The highest BCUT2D eigenvalue weighted by Crippen LogP contribution is 2.14. The zero-order valence-corrected chi connectivity index (χ0v) is 14.8. The Hall–Kier alpha value is -2.04. The first-order chi connectivity index (χ1) is 11.5. The summed E-state index contributed by atoms with van der Waals surface area (Å²) in [4.78, 5) is 25.8. The standard InChI is InChI=1S/C19H29N3O2/c1-15(2)11-12-20-19(24)21-17-8-5-16(6-9-17)7-10-18(23)22-13-3-4-14-22/h5-6,8-9,15H,3-4,7,10-14H2,1-2H3,(H2,20,21,24). The number of benzene rings is 1. The summed E-state index contributed by atoms with van der Waals surface area (Å²) in [5.41, 5.74) is 1.89. The Kier molecular flexibility index (Phi) is 7.09. The van der Waals surface area contributed by atoms with Gasteiger partial charge >= 0.3 is 6.03 Å². The molecule has 3 amide bonds. The predicted octanol–water partition coefficient (Wildman–Crippen LogP) is 3.41. The average molecular weight is 331 g/mol. The molecule has 1 aromatic carbocycles. The number of aryl methyl sites for hydroxylation is 1. The maximum absolute atomic E-state index is 12.0. The summed E-state index contributed by atoms with van der Waals surface area (Å²) in [7, 11) is 0. The molecule has 0 saturated carbocycles. The molecule has 1 saturated heterocycles. The molecule has 1 heterocycles. The summed E-state index contributed by atoms with van der Waals surface area (Å²) in [6, 6.07) is 7.55. The van der Waals surface area contributed by atoms with E-state index in [1.54, 1.807) is 0 Å². The van der Waals surface area contributed by atoms with Crippen LogP contribution in [0.2, 0.25) is 0 Å². The summed E-state index contributed by atoms with van der Waals surface area (Å²) in [6.07, 6.45) is 4.53. The molecule has 2 rings (SSSR count). The highest BCUT2D eigenvalue weighted by Gasteiger charge is 2.17. The van der Waals surface area contributed by atoms with Gasteiger partial charge in [0.2, 0.25) is 5.91 Å². The van der Waals surface area contributed by atoms with Crippen LogP contribution in [0.5, 0.6) is 0 Å². The van der Waals surface area contributed by atoms with E-state index in [4.69, 9.17) is 0 Å². The van der Waals surface area contributed by atoms with E-state index in [1.807, 2.05) is 29.2 Å². The van der Waals surface area contributed by atoms with Crippen molar-refractivity contribution < 1.29 is 9.59 Å². The lowest BCUT2D eigenvalue weighted by atomic mass is 10.1. The zero-order chi connectivity index (χ0) is 17.4. The van der Waals surface area contributed by atoms with Crippen LogP contribution < -0.4 is 10.6 Å². The molecule has 1 aromatic rings. The second-order valence-electron chi connectivity index (χ2n) is 6.85. The molecule has 132 valence electrons. The third-order valence-corrected chi connectivity index (χ3v) is 4.31. The Morgan fingerprint density at radius 2 is 1.79 bits per heavy atom. The summed E-state index contributed by atoms with van der Waals surface area (Å²) < 4.78 is 0. The SMILES string of the molecule is CC(C)CCNC(=O)Nc1ccc(CCC(=O)N2CCCC2)cc1. The molecule has 1 aliphatic rings. The normalized spacial score (nSPS) is 14.0. The molecular formula is C19H29N3O2. The molecule has 1 aliphatic heterocycles. The first kappa shape index (κ1) is 18.3. The van der Waals surface area contributed by atoms with Crippen molar-refractivity contribution in [3.05, 3.63) is 29.8 Å². The maximum atomic E-state index is 12.0. The predicted molar refractivity (Wildman–Crippen MR) is 97.1 cm³/mol. The van der Waals surface area contributed by atoms with Crippen LogP contribution in [-0.4, -0.2) is 36.5 Å². The van der Waals surface area contributed by atoms with Gasteiger partial charge in [-0.3, -0.25) is 4.79 Å². The summed E-state index contributed by atoms with van der Waals surface area (Å²) >= 11 is 0. The second kappa shape index (κ2) is 9.30. The minimum Gasteiger partial charge on any atom is -0.343 e. The Balaban J connectivity index is 1.71. The summed E-state index contributed by atoms with van der Waals surface area (Å²) in [5.74, 6) is 0.826.